The van der Waals surface area contributed by atoms with Gasteiger partial charge in [0.05, 0.1) is 19.7 Å². The summed E-state index contributed by atoms with van der Waals surface area (Å²) in [6.45, 7) is 7.98. The molecule has 5 heteroatoms. The molecule has 0 aliphatic rings. The van der Waals surface area contributed by atoms with Gasteiger partial charge >= 0.3 is 11.9 Å². The van der Waals surface area contributed by atoms with E-state index < -0.39 is 11.6 Å². The van der Waals surface area contributed by atoms with Gasteiger partial charge in [0.1, 0.15) is 5.60 Å². The zero-order valence-corrected chi connectivity index (χ0v) is 11.5. The van der Waals surface area contributed by atoms with Crippen molar-refractivity contribution in [3.63, 3.8) is 0 Å². The monoisotopic (exact) mass is 255 g/mol. The molecule has 0 rings (SSSR count). The van der Waals surface area contributed by atoms with Crippen molar-refractivity contribution in [3.05, 3.63) is 0 Å². The molecule has 0 heterocycles. The molecule has 5 nitrogen and oxygen atoms in total. The summed E-state index contributed by atoms with van der Waals surface area (Å²) in [5, 5.41) is 2.76. The standard InChI is InChI=1S/C13H21NO4/c1-5-9-17-12(16)10-14-8-6-7-11(15)18-13(2,3)4/h14H,5,8-10H2,1-4H3. The van der Waals surface area contributed by atoms with Crippen LogP contribution in [0.2, 0.25) is 0 Å². The fourth-order valence-corrected chi connectivity index (χ4v) is 0.914. The number of nitrogens with one attached hydrogen (secondary N) is 1. The lowest BCUT2D eigenvalue weighted by molar-refractivity contribution is -0.147. The molecular weight excluding hydrogens is 234 g/mol. The number of hydrogen-bond donors (Lipinski definition) is 1. The lowest BCUT2D eigenvalue weighted by Crippen LogP contribution is -2.25. The predicted octanol–water partition coefficient (Wildman–Crippen LogP) is 0.874. The van der Waals surface area contributed by atoms with E-state index in [1.807, 2.05) is 6.92 Å². The van der Waals surface area contributed by atoms with Gasteiger partial charge < -0.3 is 9.47 Å². The maximum absolute atomic E-state index is 11.2. The van der Waals surface area contributed by atoms with E-state index in [-0.39, 0.29) is 19.1 Å². The van der Waals surface area contributed by atoms with Gasteiger partial charge in [0.25, 0.3) is 0 Å². The highest BCUT2D eigenvalue weighted by Gasteiger charge is 2.13. The second kappa shape index (κ2) is 8.54. The van der Waals surface area contributed by atoms with E-state index in [0.717, 1.165) is 6.42 Å². The molecule has 0 aromatic rings. The molecule has 0 saturated heterocycles. The van der Waals surface area contributed by atoms with Crippen molar-refractivity contribution in [2.45, 2.75) is 39.7 Å². The van der Waals surface area contributed by atoms with Crippen LogP contribution in [0.5, 0.6) is 0 Å². The molecule has 0 atom stereocenters. The lowest BCUT2D eigenvalue weighted by Gasteiger charge is -2.16. The predicted molar refractivity (Wildman–Crippen MR) is 67.7 cm³/mol. The summed E-state index contributed by atoms with van der Waals surface area (Å²) in [7, 11) is 0. The number of hydrogen-bond acceptors (Lipinski definition) is 5. The van der Waals surface area contributed by atoms with Gasteiger partial charge in [-0.2, -0.15) is 0 Å². The maximum Gasteiger partial charge on any atom is 0.384 e. The summed E-state index contributed by atoms with van der Waals surface area (Å²) < 4.78 is 9.83. The van der Waals surface area contributed by atoms with Gasteiger partial charge in [0.15, 0.2) is 0 Å². The second-order valence-corrected chi connectivity index (χ2v) is 4.63. The molecule has 102 valence electrons. The van der Waals surface area contributed by atoms with E-state index in [4.69, 9.17) is 9.47 Å². The van der Waals surface area contributed by atoms with Crippen LogP contribution in [0.25, 0.3) is 0 Å². The first kappa shape index (κ1) is 16.5. The first-order valence-corrected chi connectivity index (χ1v) is 5.93. The second-order valence-electron chi connectivity index (χ2n) is 4.63. The van der Waals surface area contributed by atoms with Crippen molar-refractivity contribution < 1.29 is 19.1 Å². The minimum atomic E-state index is -0.571. The van der Waals surface area contributed by atoms with Crippen molar-refractivity contribution in [3.8, 4) is 11.8 Å². The van der Waals surface area contributed by atoms with Gasteiger partial charge in [-0.15, -0.1) is 0 Å². The number of ether oxygens (including phenoxy) is 2. The van der Waals surface area contributed by atoms with Gasteiger partial charge in [-0.25, -0.2) is 4.79 Å². The third-order valence-electron chi connectivity index (χ3n) is 1.54. The highest BCUT2D eigenvalue weighted by molar-refractivity contribution is 5.88. The van der Waals surface area contributed by atoms with Crippen molar-refractivity contribution in [2.75, 3.05) is 19.7 Å². The Bertz CT molecular complexity index is 333. The van der Waals surface area contributed by atoms with Crippen LogP contribution in [0.4, 0.5) is 0 Å². The van der Waals surface area contributed by atoms with Crippen LogP contribution in [0.15, 0.2) is 0 Å². The minimum Gasteiger partial charge on any atom is -0.465 e. The smallest absolute Gasteiger partial charge is 0.384 e. The van der Waals surface area contributed by atoms with E-state index >= 15 is 0 Å². The molecule has 0 aromatic heterocycles. The van der Waals surface area contributed by atoms with E-state index in [1.54, 1.807) is 20.8 Å². The zero-order valence-electron chi connectivity index (χ0n) is 11.5. The fraction of sp³-hybridized carbons (Fsp3) is 0.692. The Hall–Kier alpha value is -1.54. The molecule has 0 aliphatic heterocycles. The van der Waals surface area contributed by atoms with Crippen molar-refractivity contribution >= 4 is 11.9 Å². The Balaban J connectivity index is 3.72. The van der Waals surface area contributed by atoms with Gasteiger partial charge in [0.2, 0.25) is 0 Å². The lowest BCUT2D eigenvalue weighted by atomic mass is 10.2. The molecular formula is C13H21NO4. The number of carbonyl (C=O) groups excluding carboxylic acids is 2. The largest absolute Gasteiger partial charge is 0.465 e. The van der Waals surface area contributed by atoms with Crippen LogP contribution >= 0.6 is 0 Å². The Morgan fingerprint density at radius 2 is 1.94 bits per heavy atom. The number of esters is 2. The average molecular weight is 255 g/mol. The van der Waals surface area contributed by atoms with E-state index in [0.29, 0.717) is 6.61 Å². The summed E-state index contributed by atoms with van der Waals surface area (Å²) in [4.78, 5) is 22.2. The van der Waals surface area contributed by atoms with Crippen LogP contribution in [0, 0.1) is 11.8 Å². The van der Waals surface area contributed by atoms with Crippen LogP contribution < -0.4 is 5.32 Å². The van der Waals surface area contributed by atoms with Crippen LogP contribution in [0.3, 0.4) is 0 Å². The summed E-state index contributed by atoms with van der Waals surface area (Å²) >= 11 is 0. The van der Waals surface area contributed by atoms with Crippen molar-refractivity contribution in [1.29, 1.82) is 0 Å². The molecule has 1 N–H and O–H groups in total. The summed E-state index contributed by atoms with van der Waals surface area (Å²) in [6.07, 6.45) is 0.796. The van der Waals surface area contributed by atoms with Crippen molar-refractivity contribution in [2.24, 2.45) is 0 Å². The van der Waals surface area contributed by atoms with E-state index in [1.165, 1.54) is 0 Å². The first-order valence-electron chi connectivity index (χ1n) is 5.93. The van der Waals surface area contributed by atoms with Crippen LogP contribution in [-0.4, -0.2) is 37.2 Å². The molecule has 0 spiro atoms. The number of rotatable bonds is 5. The van der Waals surface area contributed by atoms with Crippen LogP contribution in [0.1, 0.15) is 34.1 Å². The average Bonchev–Trinajstić information content (AvgIpc) is 2.23. The summed E-state index contributed by atoms with van der Waals surface area (Å²) in [5.41, 5.74) is -0.539. The topological polar surface area (TPSA) is 64.6 Å². The summed E-state index contributed by atoms with van der Waals surface area (Å²) in [6, 6.07) is 0. The molecule has 0 aliphatic carbocycles. The normalized spacial score (nSPS) is 10.2. The Morgan fingerprint density at radius 3 is 2.50 bits per heavy atom. The quantitative estimate of drug-likeness (QED) is 0.342. The highest BCUT2D eigenvalue weighted by atomic mass is 16.6. The highest BCUT2D eigenvalue weighted by Crippen LogP contribution is 2.05. The molecule has 0 radical (unpaired) electrons. The maximum atomic E-state index is 11.2. The minimum absolute atomic E-state index is 0.0863. The molecule has 18 heavy (non-hydrogen) atoms. The molecule has 0 amide bonds. The molecule has 0 fully saturated rings. The molecule has 0 unspecified atom stereocenters. The van der Waals surface area contributed by atoms with Crippen LogP contribution in [-0.2, 0) is 19.1 Å². The third kappa shape index (κ3) is 11.0. The third-order valence-corrected chi connectivity index (χ3v) is 1.54. The Labute approximate surface area is 108 Å². The van der Waals surface area contributed by atoms with Crippen molar-refractivity contribution in [1.82, 2.24) is 5.32 Å². The van der Waals surface area contributed by atoms with E-state index in [9.17, 15) is 9.59 Å². The van der Waals surface area contributed by atoms with Gasteiger partial charge in [0, 0.05) is 5.92 Å². The molecule has 0 bridgehead atoms. The van der Waals surface area contributed by atoms with E-state index in [2.05, 4.69) is 17.2 Å². The van der Waals surface area contributed by atoms with Gasteiger partial charge in [-0.3, -0.25) is 10.1 Å². The number of carbonyl (C=O) groups is 2. The first-order chi connectivity index (χ1) is 8.35. The Kier molecular flexibility index (Phi) is 7.81. The SMILES string of the molecule is CCCOC(=O)CNCC#CC(=O)OC(C)(C)C. The van der Waals surface area contributed by atoms with Gasteiger partial charge in [-0.05, 0) is 27.2 Å². The van der Waals surface area contributed by atoms with Gasteiger partial charge in [-0.1, -0.05) is 12.8 Å². The molecule has 0 saturated carbocycles. The zero-order chi connectivity index (χ0) is 14.0. The summed E-state index contributed by atoms with van der Waals surface area (Å²) in [5.74, 6) is 4.01. The Morgan fingerprint density at radius 1 is 1.28 bits per heavy atom. The molecule has 0 aromatic carbocycles. The fourth-order valence-electron chi connectivity index (χ4n) is 0.914.